The molecule has 0 aromatic carbocycles. The van der Waals surface area contributed by atoms with Crippen molar-refractivity contribution < 1.29 is 5.11 Å². The second kappa shape index (κ2) is 4.25. The predicted molar refractivity (Wildman–Crippen MR) is 65.4 cm³/mol. The third-order valence-corrected chi connectivity index (χ3v) is 3.89. The lowest BCUT2D eigenvalue weighted by atomic mass is 9.97. The van der Waals surface area contributed by atoms with Crippen LogP contribution >= 0.6 is 0 Å². The van der Waals surface area contributed by atoms with E-state index in [1.165, 1.54) is 0 Å². The van der Waals surface area contributed by atoms with Crippen molar-refractivity contribution in [3.8, 4) is 0 Å². The highest BCUT2D eigenvalue weighted by Crippen LogP contribution is 2.29. The summed E-state index contributed by atoms with van der Waals surface area (Å²) in [5.41, 5.74) is 7.28. The van der Waals surface area contributed by atoms with Crippen LogP contribution in [0.15, 0.2) is 18.5 Å². The summed E-state index contributed by atoms with van der Waals surface area (Å²) in [6, 6.07) is 1.90. The van der Waals surface area contributed by atoms with E-state index < -0.39 is 6.10 Å². The van der Waals surface area contributed by atoms with Crippen LogP contribution in [0.2, 0.25) is 0 Å². The van der Waals surface area contributed by atoms with Gasteiger partial charge in [0.1, 0.15) is 0 Å². The van der Waals surface area contributed by atoms with Crippen molar-refractivity contribution in [3.63, 3.8) is 0 Å². The van der Waals surface area contributed by atoms with Crippen molar-refractivity contribution in [1.29, 1.82) is 0 Å². The topological polar surface area (TPSA) is 65.6 Å². The number of hydrogen-bond acceptors (Lipinski definition) is 5. The average Bonchev–Trinajstić information content (AvgIpc) is 2.40. The summed E-state index contributed by atoms with van der Waals surface area (Å²) in [7, 11) is 0. The molecular weight excluding hydrogens is 216 g/mol. The molecule has 17 heavy (non-hydrogen) atoms. The van der Waals surface area contributed by atoms with Gasteiger partial charge in [-0.05, 0) is 6.07 Å². The number of fused-ring (bicyclic) bond motifs is 3. The Labute approximate surface area is 101 Å². The molecular formula is C12H18N4O. The first-order valence-corrected chi connectivity index (χ1v) is 6.09. The Kier molecular flexibility index (Phi) is 2.74. The van der Waals surface area contributed by atoms with E-state index in [4.69, 9.17) is 5.73 Å². The van der Waals surface area contributed by atoms with Crippen molar-refractivity contribution in [2.75, 3.05) is 38.5 Å². The number of hydrogen-bond donors (Lipinski definition) is 2. The fourth-order valence-electron chi connectivity index (χ4n) is 2.83. The van der Waals surface area contributed by atoms with Crippen LogP contribution in [-0.4, -0.2) is 58.7 Å². The molecule has 4 heterocycles. The SMILES string of the molecule is Nc1ccncc1C(O)C1CN2CCN1CC2. The Morgan fingerprint density at radius 3 is 2.71 bits per heavy atom. The number of aliphatic hydroxyl groups is 1. The normalized spacial score (nSPS) is 33.6. The lowest BCUT2D eigenvalue weighted by Gasteiger charge is -2.49. The molecule has 3 saturated heterocycles. The molecule has 1 aromatic heterocycles. The molecule has 4 rings (SSSR count). The van der Waals surface area contributed by atoms with Crippen molar-refractivity contribution in [1.82, 2.24) is 14.8 Å². The zero-order valence-electron chi connectivity index (χ0n) is 9.79. The second-order valence-corrected chi connectivity index (χ2v) is 4.85. The van der Waals surface area contributed by atoms with Gasteiger partial charge >= 0.3 is 0 Å². The number of aliphatic hydroxyl groups excluding tert-OH is 1. The van der Waals surface area contributed by atoms with Crippen LogP contribution in [0, 0.1) is 0 Å². The van der Waals surface area contributed by atoms with Crippen molar-refractivity contribution in [2.24, 2.45) is 0 Å². The van der Waals surface area contributed by atoms with Crippen LogP contribution in [-0.2, 0) is 0 Å². The van der Waals surface area contributed by atoms with E-state index in [2.05, 4.69) is 14.8 Å². The van der Waals surface area contributed by atoms with E-state index in [1.54, 1.807) is 18.5 Å². The van der Waals surface area contributed by atoms with Crippen LogP contribution in [0.25, 0.3) is 0 Å². The number of nitrogens with two attached hydrogens (primary N) is 1. The van der Waals surface area contributed by atoms with Gasteiger partial charge in [-0.1, -0.05) is 0 Å². The maximum atomic E-state index is 10.5. The number of anilines is 1. The predicted octanol–water partition coefficient (Wildman–Crippen LogP) is -0.303. The van der Waals surface area contributed by atoms with Gasteiger partial charge in [0.05, 0.1) is 12.1 Å². The summed E-state index contributed by atoms with van der Waals surface area (Å²) in [5.74, 6) is 0. The Bertz CT molecular complexity index is 403. The summed E-state index contributed by atoms with van der Waals surface area (Å²) >= 11 is 0. The molecule has 3 aliphatic heterocycles. The second-order valence-electron chi connectivity index (χ2n) is 4.85. The Morgan fingerprint density at radius 2 is 2.12 bits per heavy atom. The van der Waals surface area contributed by atoms with E-state index in [9.17, 15) is 5.11 Å². The third kappa shape index (κ3) is 1.90. The van der Waals surface area contributed by atoms with E-state index in [0.29, 0.717) is 5.69 Å². The molecule has 0 radical (unpaired) electrons. The van der Waals surface area contributed by atoms with Crippen molar-refractivity contribution in [3.05, 3.63) is 24.0 Å². The van der Waals surface area contributed by atoms with Crippen LogP contribution in [0.3, 0.4) is 0 Å². The van der Waals surface area contributed by atoms with Crippen LogP contribution in [0.1, 0.15) is 11.7 Å². The molecule has 0 spiro atoms. The van der Waals surface area contributed by atoms with Gasteiger partial charge in [-0.3, -0.25) is 14.8 Å². The fourth-order valence-corrected chi connectivity index (χ4v) is 2.83. The van der Waals surface area contributed by atoms with E-state index >= 15 is 0 Å². The van der Waals surface area contributed by atoms with Crippen LogP contribution in [0.4, 0.5) is 5.69 Å². The highest BCUT2D eigenvalue weighted by Gasteiger charge is 2.37. The van der Waals surface area contributed by atoms with Gasteiger partial charge in [0.15, 0.2) is 0 Å². The van der Waals surface area contributed by atoms with E-state index in [-0.39, 0.29) is 6.04 Å². The minimum atomic E-state index is -0.535. The van der Waals surface area contributed by atoms with Gasteiger partial charge in [-0.25, -0.2) is 0 Å². The molecule has 2 bridgehead atoms. The maximum Gasteiger partial charge on any atom is 0.0992 e. The molecule has 1 aromatic rings. The van der Waals surface area contributed by atoms with Gasteiger partial charge < -0.3 is 10.8 Å². The molecule has 92 valence electrons. The molecule has 2 atom stereocenters. The smallest absolute Gasteiger partial charge is 0.0992 e. The minimum Gasteiger partial charge on any atom is -0.398 e. The molecule has 3 N–H and O–H groups in total. The summed E-state index contributed by atoms with van der Waals surface area (Å²) in [6.07, 6.45) is 2.80. The fraction of sp³-hybridized carbons (Fsp3) is 0.583. The van der Waals surface area contributed by atoms with Crippen LogP contribution in [0.5, 0.6) is 0 Å². The largest absolute Gasteiger partial charge is 0.398 e. The summed E-state index contributed by atoms with van der Waals surface area (Å²) in [4.78, 5) is 8.81. The highest BCUT2D eigenvalue weighted by atomic mass is 16.3. The maximum absolute atomic E-state index is 10.5. The first-order valence-electron chi connectivity index (χ1n) is 6.09. The molecule has 0 amide bonds. The van der Waals surface area contributed by atoms with E-state index in [0.717, 1.165) is 38.3 Å². The molecule has 0 saturated carbocycles. The monoisotopic (exact) mass is 234 g/mol. The number of rotatable bonds is 2. The van der Waals surface area contributed by atoms with Gasteiger partial charge in [0, 0.05) is 56.4 Å². The number of piperazine rings is 3. The minimum absolute atomic E-state index is 0.156. The average molecular weight is 234 g/mol. The zero-order valence-corrected chi connectivity index (χ0v) is 9.79. The molecule has 3 aliphatic rings. The number of pyridine rings is 1. The number of nitrogens with zero attached hydrogens (tertiary/aromatic N) is 3. The van der Waals surface area contributed by atoms with Crippen molar-refractivity contribution in [2.45, 2.75) is 12.1 Å². The standard InChI is InChI=1S/C12H18N4O/c13-10-1-2-14-7-9(10)12(17)11-8-15-3-5-16(11)6-4-15/h1-2,7,11-12,17H,3-6,8H2,(H2,13,14). The van der Waals surface area contributed by atoms with Gasteiger partial charge in [0.2, 0.25) is 0 Å². The molecule has 3 fully saturated rings. The third-order valence-electron chi connectivity index (χ3n) is 3.89. The zero-order chi connectivity index (χ0) is 11.8. The summed E-state index contributed by atoms with van der Waals surface area (Å²) in [5, 5.41) is 10.5. The van der Waals surface area contributed by atoms with Crippen molar-refractivity contribution >= 4 is 5.69 Å². The summed E-state index contributed by atoms with van der Waals surface area (Å²) < 4.78 is 0. The first kappa shape index (κ1) is 11.0. The van der Waals surface area contributed by atoms with Gasteiger partial charge in [-0.2, -0.15) is 0 Å². The summed E-state index contributed by atoms with van der Waals surface area (Å²) in [6.45, 7) is 5.25. The lowest BCUT2D eigenvalue weighted by Crippen LogP contribution is -2.62. The number of nitrogen functional groups attached to an aromatic ring is 1. The van der Waals surface area contributed by atoms with Crippen LogP contribution < -0.4 is 5.73 Å². The Hall–Kier alpha value is -1.17. The Morgan fingerprint density at radius 1 is 1.35 bits per heavy atom. The molecule has 5 nitrogen and oxygen atoms in total. The molecule has 2 unspecified atom stereocenters. The van der Waals surface area contributed by atoms with E-state index in [1.807, 2.05) is 0 Å². The molecule has 5 heteroatoms. The highest BCUT2D eigenvalue weighted by molar-refractivity contribution is 5.46. The number of aromatic nitrogens is 1. The first-order chi connectivity index (χ1) is 8.25. The lowest BCUT2D eigenvalue weighted by molar-refractivity contribution is -0.0468. The van der Waals surface area contributed by atoms with Gasteiger partial charge in [-0.15, -0.1) is 0 Å². The quantitative estimate of drug-likeness (QED) is 0.735. The molecule has 0 aliphatic carbocycles. The Balaban J connectivity index is 1.83. The van der Waals surface area contributed by atoms with Gasteiger partial charge in [0.25, 0.3) is 0 Å².